The second-order valence-electron chi connectivity index (χ2n) is 3.10. The molecule has 1 aromatic heterocycles. The van der Waals surface area contributed by atoms with E-state index in [9.17, 15) is 4.79 Å². The number of carbonyl (C=O) groups excluding carboxylic acids is 1. The minimum absolute atomic E-state index is 0.188. The van der Waals surface area contributed by atoms with Crippen molar-refractivity contribution in [2.75, 3.05) is 5.75 Å². The topological polar surface area (TPSA) is 17.1 Å². The molecule has 0 amide bonds. The molecule has 76 valence electrons. The van der Waals surface area contributed by atoms with E-state index in [2.05, 4.69) is 31.9 Å². The molecule has 0 aliphatic carbocycles. The van der Waals surface area contributed by atoms with Gasteiger partial charge in [-0.1, -0.05) is 0 Å². The second-order valence-corrected chi connectivity index (χ2v) is 8.16. The molecule has 2 heterocycles. The maximum absolute atomic E-state index is 12.0. The van der Waals surface area contributed by atoms with E-state index in [0.29, 0.717) is 0 Å². The number of hydrogen-bond acceptors (Lipinski definition) is 3. The van der Waals surface area contributed by atoms with E-state index in [1.165, 1.54) is 6.42 Å². The third-order valence-electron chi connectivity index (χ3n) is 2.14. The van der Waals surface area contributed by atoms with E-state index in [1.54, 1.807) is 23.1 Å². The van der Waals surface area contributed by atoms with Crippen LogP contribution in [-0.2, 0) is 0 Å². The third-order valence-corrected chi connectivity index (χ3v) is 5.86. The number of thioether (sulfide) groups is 1. The molecule has 1 nitrogen and oxygen atoms in total. The van der Waals surface area contributed by atoms with Crippen molar-refractivity contribution in [2.45, 2.75) is 18.1 Å². The molecule has 1 fully saturated rings. The van der Waals surface area contributed by atoms with Crippen molar-refractivity contribution in [3.8, 4) is 0 Å². The molecule has 1 saturated heterocycles. The third kappa shape index (κ3) is 2.26. The van der Waals surface area contributed by atoms with Crippen LogP contribution in [0.25, 0.3) is 0 Å². The summed E-state index contributed by atoms with van der Waals surface area (Å²) in [7, 11) is 0. The van der Waals surface area contributed by atoms with Gasteiger partial charge >= 0.3 is 0 Å². The quantitative estimate of drug-likeness (QED) is 0.733. The van der Waals surface area contributed by atoms with Gasteiger partial charge in [-0.3, -0.25) is 4.79 Å². The molecular formula is C9H8Br2OS2. The highest BCUT2D eigenvalue weighted by Crippen LogP contribution is 2.36. The smallest absolute Gasteiger partial charge is 0.177 e. The number of Topliss-reactive ketones (excluding diaryl/α,β-unsaturated/α-hetero) is 1. The van der Waals surface area contributed by atoms with Crippen LogP contribution in [0.1, 0.15) is 23.2 Å². The first-order valence-corrected chi connectivity index (χ1v) is 7.74. The first-order valence-electron chi connectivity index (χ1n) is 4.29. The standard InChI is InChI=1S/C9H8Br2OS2/c10-7-4-5(9(11)14-7)8(12)6-2-1-3-13-6/h4,6H,1-3H2. The molecule has 0 radical (unpaired) electrons. The predicted molar refractivity (Wildman–Crippen MR) is 69.5 cm³/mol. The van der Waals surface area contributed by atoms with E-state index < -0.39 is 0 Å². The summed E-state index contributed by atoms with van der Waals surface area (Å²) in [6, 6.07) is 1.91. The number of ketones is 1. The summed E-state index contributed by atoms with van der Waals surface area (Å²) in [5.41, 5.74) is 0.835. The Bertz CT molecular complexity index is 356. The highest BCUT2D eigenvalue weighted by molar-refractivity contribution is 9.12. The van der Waals surface area contributed by atoms with Gasteiger partial charge < -0.3 is 0 Å². The first kappa shape index (κ1) is 11.2. The summed E-state index contributed by atoms with van der Waals surface area (Å²) in [5.74, 6) is 1.40. The van der Waals surface area contributed by atoms with Crippen LogP contribution in [0.5, 0.6) is 0 Å². The summed E-state index contributed by atoms with van der Waals surface area (Å²) >= 11 is 10.2. The maximum Gasteiger partial charge on any atom is 0.177 e. The lowest BCUT2D eigenvalue weighted by Gasteiger charge is -2.05. The van der Waals surface area contributed by atoms with Crippen molar-refractivity contribution in [1.82, 2.24) is 0 Å². The molecule has 1 aromatic rings. The fourth-order valence-corrected chi connectivity index (χ4v) is 5.51. The van der Waals surface area contributed by atoms with Crippen molar-refractivity contribution in [3.63, 3.8) is 0 Å². The zero-order valence-corrected chi connectivity index (χ0v) is 12.1. The van der Waals surface area contributed by atoms with Gasteiger partial charge in [0.25, 0.3) is 0 Å². The van der Waals surface area contributed by atoms with Crippen LogP contribution in [0.4, 0.5) is 0 Å². The Morgan fingerprint density at radius 2 is 2.29 bits per heavy atom. The molecule has 2 rings (SSSR count). The normalized spacial score (nSPS) is 21.4. The number of hydrogen-bond donors (Lipinski definition) is 0. The van der Waals surface area contributed by atoms with Gasteiger partial charge in [-0.25, -0.2) is 0 Å². The zero-order chi connectivity index (χ0) is 10.1. The summed E-state index contributed by atoms with van der Waals surface area (Å²) in [6.45, 7) is 0. The monoisotopic (exact) mass is 354 g/mol. The Morgan fingerprint density at radius 3 is 2.79 bits per heavy atom. The van der Waals surface area contributed by atoms with Gasteiger partial charge in [0, 0.05) is 5.56 Å². The molecule has 0 spiro atoms. The second kappa shape index (κ2) is 4.68. The minimum atomic E-state index is 0.188. The Morgan fingerprint density at radius 1 is 1.50 bits per heavy atom. The van der Waals surface area contributed by atoms with Crippen LogP contribution < -0.4 is 0 Å². The van der Waals surface area contributed by atoms with E-state index >= 15 is 0 Å². The zero-order valence-electron chi connectivity index (χ0n) is 7.26. The van der Waals surface area contributed by atoms with Gasteiger partial charge in [-0.15, -0.1) is 11.3 Å². The van der Waals surface area contributed by atoms with Crippen LogP contribution in [0.3, 0.4) is 0 Å². The SMILES string of the molecule is O=C(c1cc(Br)sc1Br)C1CCCS1. The fourth-order valence-electron chi connectivity index (χ4n) is 1.47. The summed E-state index contributed by atoms with van der Waals surface area (Å²) in [6.07, 6.45) is 2.20. The molecule has 0 aromatic carbocycles. The number of carbonyl (C=O) groups is 1. The van der Waals surface area contributed by atoms with Crippen molar-refractivity contribution in [2.24, 2.45) is 0 Å². The number of thiophene rings is 1. The molecule has 1 aliphatic heterocycles. The fraction of sp³-hybridized carbons (Fsp3) is 0.444. The Hall–Kier alpha value is 0.680. The van der Waals surface area contributed by atoms with Crippen LogP contribution in [0.15, 0.2) is 13.6 Å². The van der Waals surface area contributed by atoms with Crippen molar-refractivity contribution in [1.29, 1.82) is 0 Å². The minimum Gasteiger partial charge on any atom is -0.293 e. The van der Waals surface area contributed by atoms with Crippen molar-refractivity contribution >= 4 is 60.7 Å². The van der Waals surface area contributed by atoms with Gasteiger partial charge in [0.1, 0.15) is 0 Å². The molecule has 1 aliphatic rings. The van der Waals surface area contributed by atoms with E-state index in [-0.39, 0.29) is 11.0 Å². The number of halogens is 2. The molecule has 1 atom stereocenters. The van der Waals surface area contributed by atoms with Gasteiger partial charge in [-0.2, -0.15) is 11.8 Å². The van der Waals surface area contributed by atoms with Gasteiger partial charge in [0.15, 0.2) is 5.78 Å². The van der Waals surface area contributed by atoms with Crippen LogP contribution in [0.2, 0.25) is 0 Å². The van der Waals surface area contributed by atoms with Crippen molar-refractivity contribution in [3.05, 3.63) is 19.2 Å². The summed E-state index contributed by atoms with van der Waals surface area (Å²) < 4.78 is 1.96. The van der Waals surface area contributed by atoms with Crippen LogP contribution in [-0.4, -0.2) is 16.8 Å². The van der Waals surface area contributed by atoms with Crippen LogP contribution >= 0.6 is 55.0 Å². The maximum atomic E-state index is 12.0. The van der Waals surface area contributed by atoms with Gasteiger partial charge in [0.2, 0.25) is 0 Å². The van der Waals surface area contributed by atoms with Crippen molar-refractivity contribution < 1.29 is 4.79 Å². The lowest BCUT2D eigenvalue weighted by molar-refractivity contribution is 0.0988. The lowest BCUT2D eigenvalue weighted by atomic mass is 10.1. The summed E-state index contributed by atoms with van der Waals surface area (Å²) in [5, 5.41) is 0.188. The van der Waals surface area contributed by atoms with E-state index in [1.807, 2.05) is 6.07 Å². The predicted octanol–water partition coefficient (Wildman–Crippen LogP) is 4.35. The lowest BCUT2D eigenvalue weighted by Crippen LogP contribution is -2.13. The Labute approximate surface area is 108 Å². The highest BCUT2D eigenvalue weighted by Gasteiger charge is 2.26. The first-order chi connectivity index (χ1) is 6.68. The van der Waals surface area contributed by atoms with E-state index in [4.69, 9.17) is 0 Å². The highest BCUT2D eigenvalue weighted by atomic mass is 79.9. The summed E-state index contributed by atoms with van der Waals surface area (Å²) in [4.78, 5) is 12.0. The average Bonchev–Trinajstić information content (AvgIpc) is 2.73. The molecule has 0 N–H and O–H groups in total. The Kier molecular flexibility index (Phi) is 3.73. The molecule has 14 heavy (non-hydrogen) atoms. The molecular weight excluding hydrogens is 348 g/mol. The molecule has 0 saturated carbocycles. The Balaban J connectivity index is 2.21. The van der Waals surface area contributed by atoms with E-state index in [0.717, 1.165) is 25.3 Å². The molecule has 0 bridgehead atoms. The van der Waals surface area contributed by atoms with Crippen LogP contribution in [0, 0.1) is 0 Å². The largest absolute Gasteiger partial charge is 0.293 e. The number of rotatable bonds is 2. The molecule has 5 heteroatoms. The molecule has 1 unspecified atom stereocenters. The average molecular weight is 356 g/mol. The van der Waals surface area contributed by atoms with Gasteiger partial charge in [-0.05, 0) is 56.5 Å². The van der Waals surface area contributed by atoms with Gasteiger partial charge in [0.05, 0.1) is 12.8 Å².